The maximum Gasteiger partial charge on any atom is 0.143 e. The minimum Gasteiger partial charge on any atom is -0.455 e. The van der Waals surface area contributed by atoms with Crippen LogP contribution in [0.4, 0.5) is 0 Å². The Labute approximate surface area is 386 Å². The number of hydrogen-bond donors (Lipinski definition) is 0. The van der Waals surface area contributed by atoms with Crippen molar-refractivity contribution in [2.24, 2.45) is 0 Å². The van der Waals surface area contributed by atoms with Gasteiger partial charge in [0.15, 0.2) is 0 Å². The van der Waals surface area contributed by atoms with Crippen molar-refractivity contribution in [3.63, 3.8) is 0 Å². The van der Waals surface area contributed by atoms with Gasteiger partial charge in [-0.3, -0.25) is 0 Å². The Kier molecular flexibility index (Phi) is 8.66. The molecule has 0 atom stereocenters. The first kappa shape index (κ1) is 40.4. The molecule has 0 saturated carbocycles. The van der Waals surface area contributed by atoms with Gasteiger partial charge >= 0.3 is 0 Å². The molecule has 0 aliphatic heterocycles. The molecule has 66 heavy (non-hydrogen) atoms. The van der Waals surface area contributed by atoms with Crippen LogP contribution >= 0.6 is 0 Å². The Bertz CT molecular complexity index is 3650. The van der Waals surface area contributed by atoms with Crippen LogP contribution in [0.25, 0.3) is 121 Å². The largest absolute Gasteiger partial charge is 0.455 e. The lowest BCUT2D eigenvalue weighted by Crippen LogP contribution is -2.10. The lowest BCUT2D eigenvalue weighted by atomic mass is 9.81. The monoisotopic (exact) mass is 854 g/mol. The van der Waals surface area contributed by atoms with E-state index in [1.54, 1.807) is 0 Å². The zero-order valence-corrected chi connectivity index (χ0v) is 39.7. The fourth-order valence-corrected chi connectivity index (χ4v) is 11.3. The van der Waals surface area contributed by atoms with Gasteiger partial charge in [0.2, 0.25) is 0 Å². The van der Waals surface area contributed by atoms with E-state index in [-0.39, 0.29) is 10.8 Å². The smallest absolute Gasteiger partial charge is 0.143 e. The van der Waals surface area contributed by atoms with Crippen molar-refractivity contribution >= 4 is 76.2 Å². The minimum absolute atomic E-state index is 0.0855. The molecule has 0 amide bonds. The quantitative estimate of drug-likeness (QED) is 0.165. The Hall–Kier alpha value is -7.16. The summed E-state index contributed by atoms with van der Waals surface area (Å²) in [5, 5.41) is 11.7. The zero-order valence-electron chi connectivity index (χ0n) is 39.7. The summed E-state index contributed by atoms with van der Waals surface area (Å²) in [6, 6.07) is 54.4. The second kappa shape index (κ2) is 14.2. The topological polar surface area (TPSA) is 26.3 Å². The average molecular weight is 855 g/mol. The highest BCUT2D eigenvalue weighted by molar-refractivity contribution is 6.41. The second-order valence-corrected chi connectivity index (χ2v) is 21.0. The highest BCUT2D eigenvalue weighted by Crippen LogP contribution is 2.54. The van der Waals surface area contributed by atoms with Crippen LogP contribution in [0.3, 0.4) is 0 Å². The van der Waals surface area contributed by atoms with Gasteiger partial charge in [-0.05, 0) is 152 Å². The molecule has 12 rings (SSSR count). The zero-order chi connectivity index (χ0) is 45.6. The predicted molar refractivity (Wildman–Crippen MR) is 283 cm³/mol. The predicted octanol–water partition coefficient (Wildman–Crippen LogP) is 18.9. The number of hydrogen-bond acceptors (Lipinski definition) is 2. The normalized spacial score (nSPS) is 12.7. The molecule has 0 spiro atoms. The summed E-state index contributed by atoms with van der Waals surface area (Å²) in [5.74, 6) is 0. The van der Waals surface area contributed by atoms with Crippen molar-refractivity contribution in [2.45, 2.75) is 80.1 Å². The van der Waals surface area contributed by atoms with Crippen LogP contribution in [0.2, 0.25) is 0 Å². The van der Waals surface area contributed by atoms with Crippen molar-refractivity contribution in [1.82, 2.24) is 0 Å². The Morgan fingerprint density at radius 2 is 0.636 bits per heavy atom. The third-order valence-electron chi connectivity index (χ3n) is 14.7. The van der Waals surface area contributed by atoms with Crippen molar-refractivity contribution in [2.75, 3.05) is 0 Å². The summed E-state index contributed by atoms with van der Waals surface area (Å²) in [5.41, 5.74) is 21.2. The third-order valence-corrected chi connectivity index (χ3v) is 14.7. The summed E-state index contributed by atoms with van der Waals surface area (Å²) in [4.78, 5) is 0. The van der Waals surface area contributed by atoms with Crippen LogP contribution < -0.4 is 0 Å². The van der Waals surface area contributed by atoms with Crippen molar-refractivity contribution in [3.05, 3.63) is 179 Å². The summed E-state index contributed by atoms with van der Waals surface area (Å²) in [6.07, 6.45) is 0. The lowest BCUT2D eigenvalue weighted by molar-refractivity contribution is 0.590. The molecule has 0 aliphatic carbocycles. The number of aryl methyl sites for hydroxylation is 4. The van der Waals surface area contributed by atoms with E-state index < -0.39 is 0 Å². The first-order valence-corrected chi connectivity index (χ1v) is 23.5. The molecule has 0 saturated heterocycles. The van der Waals surface area contributed by atoms with Crippen LogP contribution in [-0.2, 0) is 10.8 Å². The molecule has 0 fully saturated rings. The van der Waals surface area contributed by atoms with E-state index in [0.29, 0.717) is 0 Å². The van der Waals surface area contributed by atoms with Gasteiger partial charge in [0.1, 0.15) is 22.3 Å². The van der Waals surface area contributed by atoms with Crippen LogP contribution in [0.15, 0.2) is 154 Å². The summed E-state index contributed by atoms with van der Waals surface area (Å²) < 4.78 is 14.3. The van der Waals surface area contributed by atoms with E-state index in [9.17, 15) is 0 Å². The van der Waals surface area contributed by atoms with Gasteiger partial charge in [-0.2, -0.15) is 0 Å². The minimum atomic E-state index is 0.0855. The van der Waals surface area contributed by atoms with Gasteiger partial charge < -0.3 is 8.83 Å². The molecule has 0 N–H and O–H groups in total. The van der Waals surface area contributed by atoms with E-state index in [4.69, 9.17) is 8.83 Å². The molecule has 0 unspecified atom stereocenters. The fourth-order valence-electron chi connectivity index (χ4n) is 11.3. The summed E-state index contributed by atoms with van der Waals surface area (Å²) >= 11 is 0. The Balaban J connectivity index is 1.21. The number of benzene rings is 10. The van der Waals surface area contributed by atoms with Crippen molar-refractivity contribution < 1.29 is 8.83 Å². The number of fused-ring (bicyclic) bond motifs is 8. The molecule has 2 heterocycles. The van der Waals surface area contributed by atoms with Crippen LogP contribution in [-0.4, -0.2) is 0 Å². The molecular weight excluding hydrogens is 801 g/mol. The van der Waals surface area contributed by atoms with Gasteiger partial charge in [0.05, 0.1) is 0 Å². The molecule has 0 bridgehead atoms. The highest BCUT2D eigenvalue weighted by atomic mass is 16.3. The molecule has 2 nitrogen and oxygen atoms in total. The second-order valence-electron chi connectivity index (χ2n) is 21.0. The van der Waals surface area contributed by atoms with Crippen molar-refractivity contribution in [3.8, 4) is 44.5 Å². The maximum absolute atomic E-state index is 7.15. The van der Waals surface area contributed by atoms with Crippen LogP contribution in [0.5, 0.6) is 0 Å². The van der Waals surface area contributed by atoms with Gasteiger partial charge in [-0.1, -0.05) is 151 Å². The SMILES string of the molecule is Cc1cccc(C)c1-c1c2ccc3c4oc5ccc(-c6ccc(C(C)(C)C)cc6)cc5c4c(-c4c(C)cccc4C)c4ccc(c5oc6ccc(-c7ccc(C(C)(C)C)cc7)cc6c15)c2c43. The first-order valence-electron chi connectivity index (χ1n) is 23.5. The van der Waals surface area contributed by atoms with Crippen LogP contribution in [0, 0.1) is 27.7 Å². The molecule has 2 heteroatoms. The number of rotatable bonds is 4. The first-order chi connectivity index (χ1) is 31.7. The third kappa shape index (κ3) is 5.93. The molecule has 10 aromatic carbocycles. The Morgan fingerprint density at radius 1 is 0.303 bits per heavy atom. The van der Waals surface area contributed by atoms with Crippen LogP contribution in [0.1, 0.15) is 74.9 Å². The van der Waals surface area contributed by atoms with Gasteiger partial charge in [-0.15, -0.1) is 0 Å². The van der Waals surface area contributed by atoms with E-state index >= 15 is 0 Å². The van der Waals surface area contributed by atoms with Gasteiger partial charge in [-0.25, -0.2) is 0 Å². The van der Waals surface area contributed by atoms with Gasteiger partial charge in [0.25, 0.3) is 0 Å². The highest BCUT2D eigenvalue weighted by Gasteiger charge is 2.28. The maximum atomic E-state index is 7.15. The molecular formula is C64H54O2. The molecule has 0 aliphatic rings. The van der Waals surface area contributed by atoms with Crippen molar-refractivity contribution in [1.29, 1.82) is 0 Å². The van der Waals surface area contributed by atoms with E-state index in [1.807, 2.05) is 0 Å². The summed E-state index contributed by atoms with van der Waals surface area (Å²) in [7, 11) is 0. The van der Waals surface area contributed by atoms with Gasteiger partial charge in [0, 0.05) is 54.2 Å². The lowest BCUT2D eigenvalue weighted by Gasteiger charge is -2.21. The van der Waals surface area contributed by atoms with E-state index in [2.05, 4.69) is 215 Å². The molecule has 12 aromatic rings. The molecule has 2 aromatic heterocycles. The average Bonchev–Trinajstić information content (AvgIpc) is 3.87. The van der Waals surface area contributed by atoms with E-state index in [1.165, 1.54) is 99.4 Å². The van der Waals surface area contributed by atoms with E-state index in [0.717, 1.165) is 54.6 Å². The summed E-state index contributed by atoms with van der Waals surface area (Å²) in [6.45, 7) is 22.6. The standard InChI is InChI=1S/C64H54O2/c1-35-13-11-14-36(2)53(35)57-45-27-29-48-56-46(28-30-47(55(45)56)61-59(57)49-33-41(21-31-51(49)65-61)39-17-23-43(24-18-39)63(5,6)7)58(54-37(3)15-12-16-38(54)4)60-50-34-42(22-32-52(50)66-62(48)60)40-19-25-44(26-20-40)64(8,9)10/h11-34H,1-10H3. The molecule has 0 radical (unpaired) electrons. The fraction of sp³-hybridized carbons (Fsp3) is 0.188. The number of furan rings is 2. The molecule has 322 valence electrons. The Morgan fingerprint density at radius 3 is 0.985 bits per heavy atom.